The molecule has 0 atom stereocenters. The van der Waals surface area contributed by atoms with Crippen LogP contribution >= 0.6 is 11.3 Å². The first-order valence-electron chi connectivity index (χ1n) is 4.59. The van der Waals surface area contributed by atoms with Crippen LogP contribution in [0.5, 0.6) is 0 Å². The van der Waals surface area contributed by atoms with Gasteiger partial charge >= 0.3 is 0 Å². The molecule has 0 spiro atoms. The van der Waals surface area contributed by atoms with E-state index in [1.54, 1.807) is 27.9 Å². The first-order chi connectivity index (χ1) is 7.34. The first kappa shape index (κ1) is 8.49. The quantitative estimate of drug-likeness (QED) is 0.666. The third-order valence-corrected chi connectivity index (χ3v) is 3.20. The van der Waals surface area contributed by atoms with E-state index in [-0.39, 0.29) is 5.56 Å². The molecule has 3 aromatic heterocycles. The van der Waals surface area contributed by atoms with Crippen LogP contribution in [0.2, 0.25) is 0 Å². The molecular formula is C11H8N2OS. The van der Waals surface area contributed by atoms with E-state index in [0.717, 1.165) is 16.2 Å². The minimum atomic E-state index is -0.00782. The van der Waals surface area contributed by atoms with Crippen molar-refractivity contribution in [3.63, 3.8) is 0 Å². The highest BCUT2D eigenvalue weighted by molar-refractivity contribution is 7.13. The van der Waals surface area contributed by atoms with Crippen LogP contribution in [0.4, 0.5) is 0 Å². The van der Waals surface area contributed by atoms with Gasteiger partial charge in [0.2, 0.25) is 0 Å². The molecule has 4 heteroatoms. The second-order valence-electron chi connectivity index (χ2n) is 3.26. The summed E-state index contributed by atoms with van der Waals surface area (Å²) in [6.07, 6.45) is 1.84. The van der Waals surface area contributed by atoms with E-state index in [9.17, 15) is 4.79 Å². The minimum absolute atomic E-state index is 0.00782. The number of pyridine rings is 1. The number of aromatic amines is 1. The number of fused-ring (bicyclic) bond motifs is 1. The van der Waals surface area contributed by atoms with Gasteiger partial charge in [0.25, 0.3) is 5.56 Å². The molecule has 0 bridgehead atoms. The Balaban J connectivity index is 2.32. The average Bonchev–Trinajstić information content (AvgIpc) is 2.86. The summed E-state index contributed by atoms with van der Waals surface area (Å²) in [5.74, 6) is 0. The topological polar surface area (TPSA) is 37.3 Å². The Kier molecular flexibility index (Phi) is 1.76. The predicted molar refractivity (Wildman–Crippen MR) is 61.3 cm³/mol. The van der Waals surface area contributed by atoms with Gasteiger partial charge in [-0.05, 0) is 17.5 Å². The maximum Gasteiger partial charge on any atom is 0.256 e. The highest BCUT2D eigenvalue weighted by Crippen LogP contribution is 2.23. The molecule has 3 nitrogen and oxygen atoms in total. The predicted octanol–water partition coefficient (Wildman–Crippen LogP) is 2.36. The minimum Gasteiger partial charge on any atom is -0.339 e. The molecule has 3 rings (SSSR count). The number of hydrogen-bond acceptors (Lipinski definition) is 2. The van der Waals surface area contributed by atoms with Gasteiger partial charge in [0.15, 0.2) is 0 Å². The van der Waals surface area contributed by atoms with Crippen LogP contribution < -0.4 is 5.56 Å². The Hall–Kier alpha value is -1.81. The number of imidazole rings is 1. The Bertz CT molecular complexity index is 649. The number of thiophene rings is 1. The fourth-order valence-electron chi connectivity index (χ4n) is 1.59. The first-order valence-corrected chi connectivity index (χ1v) is 5.47. The van der Waals surface area contributed by atoms with Gasteiger partial charge in [-0.15, -0.1) is 11.3 Å². The van der Waals surface area contributed by atoms with Crippen molar-refractivity contribution >= 4 is 17.0 Å². The molecule has 0 radical (unpaired) electrons. The van der Waals surface area contributed by atoms with Crippen LogP contribution in [-0.4, -0.2) is 9.38 Å². The lowest BCUT2D eigenvalue weighted by Crippen LogP contribution is -2.08. The summed E-state index contributed by atoms with van der Waals surface area (Å²) in [4.78, 5) is 15.9. The third kappa shape index (κ3) is 1.30. The molecule has 3 aromatic rings. The largest absolute Gasteiger partial charge is 0.339 e. The summed E-state index contributed by atoms with van der Waals surface area (Å²) in [6.45, 7) is 0. The summed E-state index contributed by atoms with van der Waals surface area (Å²) in [7, 11) is 0. The van der Waals surface area contributed by atoms with E-state index in [1.165, 1.54) is 0 Å². The number of nitrogens with zero attached hydrogens (tertiary/aromatic N) is 1. The molecule has 0 fully saturated rings. The lowest BCUT2D eigenvalue weighted by molar-refractivity contribution is 1.12. The molecule has 0 aromatic carbocycles. The number of nitrogens with one attached hydrogen (secondary N) is 1. The van der Waals surface area contributed by atoms with Gasteiger partial charge in [-0.25, -0.2) is 0 Å². The number of hydrogen-bond donors (Lipinski definition) is 1. The normalized spacial score (nSPS) is 10.9. The van der Waals surface area contributed by atoms with Crippen molar-refractivity contribution in [2.24, 2.45) is 0 Å². The number of rotatable bonds is 1. The molecule has 15 heavy (non-hydrogen) atoms. The molecule has 0 saturated carbocycles. The smallest absolute Gasteiger partial charge is 0.256 e. The standard InChI is InChI=1S/C11H8N2OS/c14-11-5-1-4-10-12-8(7-13(10)11)9-3-2-6-15-9/h1-7,12H. The second kappa shape index (κ2) is 3.10. The SMILES string of the molecule is O=c1cccc2[nH]c(-c3cccs3)cn12. The molecule has 74 valence electrons. The van der Waals surface area contributed by atoms with E-state index in [4.69, 9.17) is 0 Å². The molecule has 0 aliphatic carbocycles. The van der Waals surface area contributed by atoms with Gasteiger partial charge in [-0.1, -0.05) is 12.1 Å². The van der Waals surface area contributed by atoms with Gasteiger partial charge in [0.1, 0.15) is 5.65 Å². The van der Waals surface area contributed by atoms with Crippen LogP contribution in [0.3, 0.4) is 0 Å². The van der Waals surface area contributed by atoms with Crippen LogP contribution in [0.15, 0.2) is 46.7 Å². The van der Waals surface area contributed by atoms with Gasteiger partial charge in [0.05, 0.1) is 10.6 Å². The maximum absolute atomic E-state index is 11.5. The van der Waals surface area contributed by atoms with Crippen molar-refractivity contribution < 1.29 is 0 Å². The Labute approximate surface area is 89.6 Å². The zero-order chi connectivity index (χ0) is 10.3. The average molecular weight is 216 g/mol. The highest BCUT2D eigenvalue weighted by atomic mass is 32.1. The third-order valence-electron chi connectivity index (χ3n) is 2.30. The maximum atomic E-state index is 11.5. The van der Waals surface area contributed by atoms with Crippen molar-refractivity contribution in [2.75, 3.05) is 0 Å². The second-order valence-corrected chi connectivity index (χ2v) is 4.21. The molecular weight excluding hydrogens is 208 g/mol. The van der Waals surface area contributed by atoms with E-state index >= 15 is 0 Å². The van der Waals surface area contributed by atoms with Crippen LogP contribution in [-0.2, 0) is 0 Å². The Morgan fingerprint density at radius 2 is 2.13 bits per heavy atom. The molecule has 0 aliphatic heterocycles. The van der Waals surface area contributed by atoms with Crippen molar-refractivity contribution in [3.8, 4) is 10.6 Å². The Morgan fingerprint density at radius 1 is 1.20 bits per heavy atom. The molecule has 0 aliphatic rings. The summed E-state index contributed by atoms with van der Waals surface area (Å²) in [5.41, 5.74) is 1.80. The van der Waals surface area contributed by atoms with Crippen molar-refractivity contribution in [3.05, 3.63) is 52.3 Å². The van der Waals surface area contributed by atoms with Crippen molar-refractivity contribution in [2.45, 2.75) is 0 Å². The summed E-state index contributed by atoms with van der Waals surface area (Å²) in [5, 5.41) is 2.02. The van der Waals surface area contributed by atoms with E-state index in [1.807, 2.05) is 29.8 Å². The number of aromatic nitrogens is 2. The van der Waals surface area contributed by atoms with Crippen LogP contribution in [0.25, 0.3) is 16.2 Å². The zero-order valence-electron chi connectivity index (χ0n) is 7.81. The molecule has 0 saturated heterocycles. The van der Waals surface area contributed by atoms with Gasteiger partial charge in [0, 0.05) is 12.3 Å². The number of H-pyrrole nitrogens is 1. The highest BCUT2D eigenvalue weighted by Gasteiger charge is 2.03. The monoisotopic (exact) mass is 216 g/mol. The van der Waals surface area contributed by atoms with Crippen molar-refractivity contribution in [1.82, 2.24) is 9.38 Å². The molecule has 0 unspecified atom stereocenters. The van der Waals surface area contributed by atoms with E-state index in [0.29, 0.717) is 0 Å². The lowest BCUT2D eigenvalue weighted by Gasteiger charge is -1.87. The van der Waals surface area contributed by atoms with Gasteiger partial charge < -0.3 is 4.98 Å². The lowest BCUT2D eigenvalue weighted by atomic mass is 10.4. The summed E-state index contributed by atoms with van der Waals surface area (Å²) in [6, 6.07) is 9.22. The van der Waals surface area contributed by atoms with Gasteiger partial charge in [-0.3, -0.25) is 9.20 Å². The molecule has 3 heterocycles. The molecule has 1 N–H and O–H groups in total. The Morgan fingerprint density at radius 3 is 2.87 bits per heavy atom. The fraction of sp³-hybridized carbons (Fsp3) is 0. The summed E-state index contributed by atoms with van der Waals surface area (Å²) >= 11 is 1.65. The molecule has 0 amide bonds. The van der Waals surface area contributed by atoms with E-state index < -0.39 is 0 Å². The summed E-state index contributed by atoms with van der Waals surface area (Å²) < 4.78 is 1.62. The van der Waals surface area contributed by atoms with Crippen molar-refractivity contribution in [1.29, 1.82) is 0 Å². The van der Waals surface area contributed by atoms with Crippen LogP contribution in [0.1, 0.15) is 0 Å². The van der Waals surface area contributed by atoms with Crippen LogP contribution in [0, 0.1) is 0 Å². The fourth-order valence-corrected chi connectivity index (χ4v) is 2.28. The zero-order valence-corrected chi connectivity index (χ0v) is 8.62. The van der Waals surface area contributed by atoms with E-state index in [2.05, 4.69) is 4.98 Å². The van der Waals surface area contributed by atoms with Gasteiger partial charge in [-0.2, -0.15) is 0 Å².